The number of hydrogen-bond donors (Lipinski definition) is 1. The first kappa shape index (κ1) is 35.9. The molecule has 0 fully saturated rings. The lowest BCUT2D eigenvalue weighted by Crippen LogP contribution is -2.43. The number of nitrogens with zero attached hydrogens (tertiary/aromatic N) is 2. The van der Waals surface area contributed by atoms with E-state index >= 15 is 4.39 Å². The number of fused-ring (bicyclic) bond motifs is 2. The van der Waals surface area contributed by atoms with Crippen molar-refractivity contribution in [3.8, 4) is 17.2 Å². The van der Waals surface area contributed by atoms with Crippen molar-refractivity contribution in [3.05, 3.63) is 46.3 Å². The van der Waals surface area contributed by atoms with Crippen LogP contribution in [0.4, 0.5) is 10.1 Å². The summed E-state index contributed by atoms with van der Waals surface area (Å²) in [5.74, 6) is -0.640. The van der Waals surface area contributed by atoms with Crippen molar-refractivity contribution in [2.24, 2.45) is 0 Å². The molecule has 1 unspecified atom stereocenters. The molecular formula is C32H43ClFN3O8. The zero-order chi connectivity index (χ0) is 32.2. The number of halogens is 2. The molecule has 13 heteroatoms. The number of nitrogens with one attached hydrogen (secondary N) is 1. The van der Waals surface area contributed by atoms with Crippen molar-refractivity contribution in [2.75, 3.05) is 58.3 Å². The number of amidine groups is 1. The summed E-state index contributed by atoms with van der Waals surface area (Å²) >= 11 is 0. The van der Waals surface area contributed by atoms with Gasteiger partial charge in [-0.3, -0.25) is 15.0 Å². The molecule has 1 N–H and O–H groups in total. The average molecular weight is 652 g/mol. The molecule has 0 aromatic heterocycles. The van der Waals surface area contributed by atoms with Crippen molar-refractivity contribution in [1.82, 2.24) is 4.90 Å². The third-order valence-corrected chi connectivity index (χ3v) is 7.28. The second kappa shape index (κ2) is 15.1. The van der Waals surface area contributed by atoms with E-state index in [-0.39, 0.29) is 80.6 Å². The molecule has 2 aromatic rings. The molecular weight excluding hydrogens is 609 g/mol. The van der Waals surface area contributed by atoms with Crippen LogP contribution in [0.2, 0.25) is 0 Å². The molecule has 0 saturated carbocycles. The molecule has 45 heavy (non-hydrogen) atoms. The monoisotopic (exact) mass is 651 g/mol. The molecule has 2 aromatic carbocycles. The Balaban J connectivity index is 0.00000552. The molecule has 11 nitrogen and oxygen atoms in total. The molecule has 0 saturated heterocycles. The van der Waals surface area contributed by atoms with Crippen LogP contribution in [-0.2, 0) is 31.1 Å². The minimum atomic E-state index is -0.662. The topological polar surface area (TPSA) is 120 Å². The second-order valence-corrected chi connectivity index (χ2v) is 11.5. The lowest BCUT2D eigenvalue weighted by atomic mass is 9.84. The highest BCUT2D eigenvalue weighted by atomic mass is 35.5. The minimum Gasteiger partial charge on any atom is -0.490 e. The fourth-order valence-corrected chi connectivity index (χ4v) is 5.29. The molecule has 0 aliphatic carbocycles. The SMILES string of the molecule is CCOC(=O)COCC1CN(OC)c2cc(C(=O)CN3Cc4cc(OCC)c(OCC)c(F)c4C3=N)cc(C(C)(C)C)c2O1.Cl. The van der Waals surface area contributed by atoms with Gasteiger partial charge >= 0.3 is 5.97 Å². The smallest absolute Gasteiger partial charge is 0.332 e. The van der Waals surface area contributed by atoms with Gasteiger partial charge in [-0.1, -0.05) is 20.8 Å². The number of rotatable bonds is 13. The third-order valence-electron chi connectivity index (χ3n) is 7.28. The summed E-state index contributed by atoms with van der Waals surface area (Å²) in [4.78, 5) is 32.7. The van der Waals surface area contributed by atoms with Crippen LogP contribution in [0.5, 0.6) is 17.2 Å². The van der Waals surface area contributed by atoms with Gasteiger partial charge in [-0.25, -0.2) is 14.2 Å². The van der Waals surface area contributed by atoms with Gasteiger partial charge < -0.3 is 28.6 Å². The number of carbonyl (C=O) groups excluding carboxylic acids is 2. The van der Waals surface area contributed by atoms with Crippen molar-refractivity contribution < 1.29 is 42.5 Å². The number of esters is 1. The largest absolute Gasteiger partial charge is 0.490 e. The number of hydrogen-bond acceptors (Lipinski definition) is 10. The molecule has 0 amide bonds. The van der Waals surface area contributed by atoms with Gasteiger partial charge in [0.2, 0.25) is 0 Å². The molecule has 2 aliphatic heterocycles. The number of hydroxylamine groups is 1. The van der Waals surface area contributed by atoms with Gasteiger partial charge in [0, 0.05) is 17.7 Å². The van der Waals surface area contributed by atoms with E-state index < -0.39 is 23.3 Å². The quantitative estimate of drug-likeness (QED) is 0.232. The van der Waals surface area contributed by atoms with Crippen LogP contribution in [0.15, 0.2) is 18.2 Å². The van der Waals surface area contributed by atoms with Gasteiger partial charge in [0.25, 0.3) is 0 Å². The normalized spacial score (nSPS) is 15.6. The van der Waals surface area contributed by atoms with Gasteiger partial charge in [0.1, 0.15) is 30.0 Å². The summed E-state index contributed by atoms with van der Waals surface area (Å²) in [6.07, 6.45) is -0.443. The fourth-order valence-electron chi connectivity index (χ4n) is 5.29. The predicted molar refractivity (Wildman–Crippen MR) is 169 cm³/mol. The van der Waals surface area contributed by atoms with E-state index in [1.165, 1.54) is 7.11 Å². The lowest BCUT2D eigenvalue weighted by molar-refractivity contribution is -0.149. The van der Waals surface area contributed by atoms with E-state index in [2.05, 4.69) is 0 Å². The van der Waals surface area contributed by atoms with E-state index in [1.807, 2.05) is 20.8 Å². The Bertz CT molecular complexity index is 1410. The van der Waals surface area contributed by atoms with Gasteiger partial charge in [0.05, 0.1) is 52.2 Å². The number of Topliss-reactive ketones (excluding diaryl/α,β-unsaturated/α-hetero) is 1. The number of ketones is 1. The average Bonchev–Trinajstić information content (AvgIpc) is 3.28. The maximum atomic E-state index is 15.5. The van der Waals surface area contributed by atoms with E-state index in [4.69, 9.17) is 33.9 Å². The first-order chi connectivity index (χ1) is 20.9. The lowest BCUT2D eigenvalue weighted by Gasteiger charge is -2.37. The van der Waals surface area contributed by atoms with Gasteiger partial charge in [-0.05, 0) is 49.9 Å². The zero-order valence-corrected chi connectivity index (χ0v) is 27.7. The molecule has 4 rings (SSSR count). The standard InChI is InChI=1S/C32H42FN3O8.ClH/c1-8-41-25-13-20-14-35(31(34)27(20)28(33)30(25)43-10-3)16-24(37)19-11-22(32(4,5)6)29-23(12-19)36(39-7)15-21(44-29)17-40-18-26(38)42-9-2;/h11-13,21,34H,8-10,14-18H2,1-7H3;1H. The highest BCUT2D eigenvalue weighted by Gasteiger charge is 2.36. The van der Waals surface area contributed by atoms with Crippen molar-refractivity contribution in [3.63, 3.8) is 0 Å². The molecule has 2 aliphatic rings. The number of carbonyl (C=O) groups is 2. The summed E-state index contributed by atoms with van der Waals surface area (Å²) < 4.78 is 43.5. The summed E-state index contributed by atoms with van der Waals surface area (Å²) in [6.45, 7) is 12.4. The summed E-state index contributed by atoms with van der Waals surface area (Å²) in [5.41, 5.74) is 2.02. The second-order valence-electron chi connectivity index (χ2n) is 11.5. The van der Waals surface area contributed by atoms with E-state index in [9.17, 15) is 9.59 Å². The summed E-state index contributed by atoms with van der Waals surface area (Å²) in [6, 6.07) is 5.19. The summed E-state index contributed by atoms with van der Waals surface area (Å²) in [5, 5.41) is 10.4. The molecule has 248 valence electrons. The number of anilines is 1. The van der Waals surface area contributed by atoms with Crippen LogP contribution in [0.25, 0.3) is 0 Å². The maximum absolute atomic E-state index is 15.5. The Morgan fingerprint density at radius 3 is 2.42 bits per heavy atom. The summed E-state index contributed by atoms with van der Waals surface area (Å²) in [7, 11) is 1.53. The molecule has 0 radical (unpaired) electrons. The first-order valence-electron chi connectivity index (χ1n) is 14.8. The maximum Gasteiger partial charge on any atom is 0.332 e. The van der Waals surface area contributed by atoms with E-state index in [0.29, 0.717) is 35.7 Å². The van der Waals surface area contributed by atoms with E-state index in [1.54, 1.807) is 48.9 Å². The Morgan fingerprint density at radius 2 is 1.80 bits per heavy atom. The highest BCUT2D eigenvalue weighted by molar-refractivity contribution is 6.06. The Labute approximate surface area is 269 Å². The van der Waals surface area contributed by atoms with Crippen LogP contribution in [-0.4, -0.2) is 81.8 Å². The van der Waals surface area contributed by atoms with Gasteiger partial charge in [0.15, 0.2) is 23.1 Å². The molecule has 1 atom stereocenters. The van der Waals surface area contributed by atoms with Gasteiger partial charge in [-0.15, -0.1) is 12.4 Å². The Morgan fingerprint density at radius 1 is 1.09 bits per heavy atom. The van der Waals surface area contributed by atoms with Crippen molar-refractivity contribution in [2.45, 2.75) is 59.6 Å². The predicted octanol–water partition coefficient (Wildman–Crippen LogP) is 5.07. The molecule has 0 spiro atoms. The van der Waals surface area contributed by atoms with Crippen LogP contribution < -0.4 is 19.3 Å². The Hall–Kier alpha value is -3.61. The van der Waals surface area contributed by atoms with Crippen LogP contribution in [0, 0.1) is 11.2 Å². The number of ether oxygens (including phenoxy) is 5. The molecule has 0 bridgehead atoms. The zero-order valence-electron chi connectivity index (χ0n) is 26.9. The molecule has 2 heterocycles. The van der Waals surface area contributed by atoms with E-state index in [0.717, 1.165) is 5.56 Å². The fraction of sp³-hybridized carbons (Fsp3) is 0.531. The number of benzene rings is 2. The van der Waals surface area contributed by atoms with Gasteiger partial charge in [-0.2, -0.15) is 0 Å². The Kier molecular flexibility index (Phi) is 12.0. The van der Waals surface area contributed by atoms with Crippen molar-refractivity contribution in [1.29, 1.82) is 5.41 Å². The third kappa shape index (κ3) is 7.79. The van der Waals surface area contributed by atoms with Crippen LogP contribution in [0.1, 0.15) is 68.6 Å². The minimum absolute atomic E-state index is 0. The highest BCUT2D eigenvalue weighted by Crippen LogP contribution is 2.44. The van der Waals surface area contributed by atoms with Crippen LogP contribution in [0.3, 0.4) is 0 Å². The first-order valence-corrected chi connectivity index (χ1v) is 14.8. The van der Waals surface area contributed by atoms with Crippen LogP contribution >= 0.6 is 12.4 Å². The van der Waals surface area contributed by atoms with Crippen molar-refractivity contribution >= 4 is 35.7 Å².